The van der Waals surface area contributed by atoms with Crippen LogP contribution in [0, 0.1) is 6.92 Å². The third kappa shape index (κ3) is 3.29. The Balaban J connectivity index is 2.28. The van der Waals surface area contributed by atoms with E-state index in [0.29, 0.717) is 12.2 Å². The third-order valence-electron chi connectivity index (χ3n) is 3.24. The molecule has 106 valence electrons. The molecule has 4 heteroatoms. The van der Waals surface area contributed by atoms with Crippen LogP contribution in [-0.4, -0.2) is 29.5 Å². The van der Waals surface area contributed by atoms with Crippen molar-refractivity contribution in [3.8, 4) is 11.1 Å². The van der Waals surface area contributed by atoms with Crippen molar-refractivity contribution in [2.24, 2.45) is 0 Å². The predicted octanol–water partition coefficient (Wildman–Crippen LogP) is 2.01. The minimum atomic E-state index is -0.769. The molecule has 2 rings (SSSR count). The van der Waals surface area contributed by atoms with Gasteiger partial charge in [0.15, 0.2) is 0 Å². The lowest BCUT2D eigenvalue weighted by atomic mass is 9.98. The maximum absolute atomic E-state index is 9.37. The first-order valence-corrected chi connectivity index (χ1v) is 6.60. The van der Waals surface area contributed by atoms with E-state index in [1.807, 2.05) is 49.4 Å². The van der Waals surface area contributed by atoms with Gasteiger partial charge in [-0.15, -0.1) is 0 Å². The smallest absolute Gasteiger partial charge is 0.0942 e. The molecule has 2 aromatic carbocycles. The molecule has 0 radical (unpaired) electrons. The van der Waals surface area contributed by atoms with Gasteiger partial charge in [0.1, 0.15) is 0 Å². The number of anilines is 2. The topological polar surface area (TPSA) is 78.5 Å². The lowest BCUT2D eigenvalue weighted by Gasteiger charge is -2.14. The number of hydrogen-bond donors (Lipinski definition) is 4. The number of hydrogen-bond acceptors (Lipinski definition) is 4. The highest BCUT2D eigenvalue weighted by molar-refractivity contribution is 5.81. The first kappa shape index (κ1) is 14.4. The Morgan fingerprint density at radius 3 is 2.60 bits per heavy atom. The van der Waals surface area contributed by atoms with Crippen LogP contribution in [0.15, 0.2) is 42.5 Å². The average molecular weight is 272 g/mol. The second-order valence-electron chi connectivity index (χ2n) is 4.83. The molecular formula is C16H20N2O2. The summed E-state index contributed by atoms with van der Waals surface area (Å²) in [6.45, 7) is 2.09. The molecular weight excluding hydrogens is 252 g/mol. The number of nitrogens with two attached hydrogens (primary N) is 1. The van der Waals surface area contributed by atoms with E-state index in [1.165, 1.54) is 0 Å². The van der Waals surface area contributed by atoms with Gasteiger partial charge < -0.3 is 21.3 Å². The van der Waals surface area contributed by atoms with Crippen molar-refractivity contribution in [3.63, 3.8) is 0 Å². The summed E-state index contributed by atoms with van der Waals surface area (Å²) in [5.41, 5.74) is 10.9. The molecule has 0 aromatic heterocycles. The zero-order chi connectivity index (χ0) is 14.5. The highest BCUT2D eigenvalue weighted by Crippen LogP contribution is 2.31. The summed E-state index contributed by atoms with van der Waals surface area (Å²) in [5.74, 6) is 0. The molecule has 1 atom stereocenters. The highest BCUT2D eigenvalue weighted by Gasteiger charge is 2.07. The predicted molar refractivity (Wildman–Crippen MR) is 82.6 cm³/mol. The normalized spacial score (nSPS) is 12.2. The number of aliphatic hydroxyl groups excluding tert-OH is 2. The van der Waals surface area contributed by atoms with Gasteiger partial charge in [0, 0.05) is 23.5 Å². The van der Waals surface area contributed by atoms with E-state index >= 15 is 0 Å². The van der Waals surface area contributed by atoms with E-state index < -0.39 is 6.10 Å². The summed E-state index contributed by atoms with van der Waals surface area (Å²) in [6, 6.07) is 13.7. The Bertz CT molecular complexity index is 584. The van der Waals surface area contributed by atoms with Gasteiger partial charge in [-0.3, -0.25) is 0 Å². The molecule has 0 aliphatic rings. The Labute approximate surface area is 118 Å². The lowest BCUT2D eigenvalue weighted by molar-refractivity contribution is 0.105. The lowest BCUT2D eigenvalue weighted by Crippen LogP contribution is -2.22. The van der Waals surface area contributed by atoms with Crippen molar-refractivity contribution >= 4 is 11.4 Å². The number of aryl methyl sites for hydroxylation is 1. The van der Waals surface area contributed by atoms with Crippen LogP contribution in [0.25, 0.3) is 11.1 Å². The number of nitrogen functional groups attached to an aromatic ring is 1. The van der Waals surface area contributed by atoms with Crippen LogP contribution < -0.4 is 11.1 Å². The first-order valence-electron chi connectivity index (χ1n) is 6.60. The number of rotatable bonds is 5. The van der Waals surface area contributed by atoms with Crippen LogP contribution in [-0.2, 0) is 0 Å². The minimum absolute atomic E-state index is 0.257. The maximum atomic E-state index is 9.37. The Hall–Kier alpha value is -2.04. The molecule has 1 unspecified atom stereocenters. The molecule has 0 spiro atoms. The van der Waals surface area contributed by atoms with Crippen LogP contribution in [0.5, 0.6) is 0 Å². The SMILES string of the molecule is Cc1ccccc1-c1cc(NCC(O)CO)ccc1N. The third-order valence-corrected chi connectivity index (χ3v) is 3.24. The fourth-order valence-electron chi connectivity index (χ4n) is 2.07. The van der Waals surface area contributed by atoms with E-state index in [0.717, 1.165) is 22.4 Å². The van der Waals surface area contributed by atoms with Crippen LogP contribution in [0.3, 0.4) is 0 Å². The van der Waals surface area contributed by atoms with Gasteiger partial charge in [-0.2, -0.15) is 0 Å². The molecule has 0 heterocycles. The van der Waals surface area contributed by atoms with Crippen molar-refractivity contribution < 1.29 is 10.2 Å². The fourth-order valence-corrected chi connectivity index (χ4v) is 2.07. The monoisotopic (exact) mass is 272 g/mol. The van der Waals surface area contributed by atoms with Gasteiger partial charge in [0.2, 0.25) is 0 Å². The largest absolute Gasteiger partial charge is 0.398 e. The van der Waals surface area contributed by atoms with Gasteiger partial charge in [-0.25, -0.2) is 0 Å². The molecule has 4 nitrogen and oxygen atoms in total. The quantitative estimate of drug-likeness (QED) is 0.628. The van der Waals surface area contributed by atoms with E-state index in [1.54, 1.807) is 0 Å². The van der Waals surface area contributed by atoms with Crippen LogP contribution in [0.4, 0.5) is 11.4 Å². The molecule has 0 saturated heterocycles. The molecule has 20 heavy (non-hydrogen) atoms. The second kappa shape index (κ2) is 6.41. The van der Waals surface area contributed by atoms with Crippen LogP contribution in [0.1, 0.15) is 5.56 Å². The summed E-state index contributed by atoms with van der Waals surface area (Å²) in [6.07, 6.45) is -0.769. The zero-order valence-corrected chi connectivity index (χ0v) is 11.5. The van der Waals surface area contributed by atoms with E-state index in [9.17, 15) is 5.11 Å². The summed E-state index contributed by atoms with van der Waals surface area (Å²) >= 11 is 0. The van der Waals surface area contributed by atoms with Crippen LogP contribution in [0.2, 0.25) is 0 Å². The average Bonchev–Trinajstić information content (AvgIpc) is 2.47. The van der Waals surface area contributed by atoms with Gasteiger partial charge in [0.25, 0.3) is 0 Å². The summed E-state index contributed by atoms with van der Waals surface area (Å²) in [7, 11) is 0. The van der Waals surface area contributed by atoms with Gasteiger partial charge in [-0.1, -0.05) is 24.3 Å². The molecule has 0 saturated carbocycles. The van der Waals surface area contributed by atoms with Crippen molar-refractivity contribution in [3.05, 3.63) is 48.0 Å². The molecule has 0 aliphatic heterocycles. The first-order chi connectivity index (χ1) is 9.61. The Kier molecular flexibility index (Phi) is 4.61. The highest BCUT2D eigenvalue weighted by atomic mass is 16.3. The van der Waals surface area contributed by atoms with Crippen molar-refractivity contribution in [2.75, 3.05) is 24.2 Å². The standard InChI is InChI=1S/C16H20N2O2/c1-11-4-2-3-5-14(11)15-8-12(6-7-16(15)17)18-9-13(20)10-19/h2-8,13,18-20H,9-10,17H2,1H3. The zero-order valence-electron chi connectivity index (χ0n) is 11.5. The van der Waals surface area contributed by atoms with Crippen molar-refractivity contribution in [2.45, 2.75) is 13.0 Å². The molecule has 0 fully saturated rings. The Morgan fingerprint density at radius 1 is 1.15 bits per heavy atom. The number of aliphatic hydroxyl groups is 2. The van der Waals surface area contributed by atoms with Crippen molar-refractivity contribution in [1.29, 1.82) is 0 Å². The van der Waals surface area contributed by atoms with E-state index in [4.69, 9.17) is 10.8 Å². The molecule has 0 amide bonds. The van der Waals surface area contributed by atoms with Crippen LogP contribution >= 0.6 is 0 Å². The maximum Gasteiger partial charge on any atom is 0.0942 e. The van der Waals surface area contributed by atoms with E-state index in [-0.39, 0.29) is 6.61 Å². The van der Waals surface area contributed by atoms with Gasteiger partial charge in [-0.05, 0) is 36.2 Å². The molecule has 2 aromatic rings. The molecule has 0 bridgehead atoms. The second-order valence-corrected chi connectivity index (χ2v) is 4.83. The van der Waals surface area contributed by atoms with Gasteiger partial charge >= 0.3 is 0 Å². The molecule has 5 N–H and O–H groups in total. The number of benzene rings is 2. The van der Waals surface area contributed by atoms with E-state index in [2.05, 4.69) is 5.32 Å². The summed E-state index contributed by atoms with van der Waals surface area (Å²) in [5, 5.41) is 21.3. The molecule has 0 aliphatic carbocycles. The summed E-state index contributed by atoms with van der Waals surface area (Å²) < 4.78 is 0. The Morgan fingerprint density at radius 2 is 1.90 bits per heavy atom. The summed E-state index contributed by atoms with van der Waals surface area (Å²) in [4.78, 5) is 0. The number of nitrogens with one attached hydrogen (secondary N) is 1. The fraction of sp³-hybridized carbons (Fsp3) is 0.250. The minimum Gasteiger partial charge on any atom is -0.398 e. The van der Waals surface area contributed by atoms with Gasteiger partial charge in [0.05, 0.1) is 12.7 Å². The van der Waals surface area contributed by atoms with Crippen molar-refractivity contribution in [1.82, 2.24) is 0 Å².